The van der Waals surface area contributed by atoms with Crippen molar-refractivity contribution in [3.63, 3.8) is 0 Å². The van der Waals surface area contributed by atoms with Crippen LogP contribution in [0.15, 0.2) is 91.1 Å². The normalized spacial score (nSPS) is 11.0. The van der Waals surface area contributed by atoms with E-state index in [2.05, 4.69) is 10.3 Å². The predicted molar refractivity (Wildman–Crippen MR) is 158 cm³/mol. The van der Waals surface area contributed by atoms with Crippen LogP contribution < -0.4 is 20.5 Å². The number of amides is 1. The number of hydrogen-bond acceptors (Lipinski definition) is 7. The third-order valence-corrected chi connectivity index (χ3v) is 7.68. The molecule has 3 heterocycles. The van der Waals surface area contributed by atoms with Crippen molar-refractivity contribution in [2.75, 3.05) is 25.3 Å². The second-order valence-electron chi connectivity index (χ2n) is 8.84. The number of pyridine rings is 2. The Morgan fingerprint density at radius 3 is 2.51 bits per heavy atom. The molecule has 0 saturated heterocycles. The Morgan fingerprint density at radius 2 is 1.72 bits per heavy atom. The number of thiophene rings is 1. The third kappa shape index (κ3) is 4.41. The first-order valence-electron chi connectivity index (χ1n) is 12.2. The molecule has 0 bridgehead atoms. The molecule has 0 aliphatic rings. The number of rotatable bonds is 6. The maximum Gasteiger partial charge on any atom is 0.267 e. The fraction of sp³-hybridized carbons (Fsp3) is 0.0645. The van der Waals surface area contributed by atoms with Crippen molar-refractivity contribution >= 4 is 49.7 Å². The molecule has 0 aliphatic carbocycles. The van der Waals surface area contributed by atoms with Crippen molar-refractivity contribution in [3.8, 4) is 33.9 Å². The van der Waals surface area contributed by atoms with Crippen molar-refractivity contribution in [2.45, 2.75) is 0 Å². The summed E-state index contributed by atoms with van der Waals surface area (Å²) in [6, 6.07) is 26.8. The predicted octanol–water partition coefficient (Wildman–Crippen LogP) is 7.03. The lowest BCUT2D eigenvalue weighted by molar-refractivity contribution is 0.103. The zero-order chi connectivity index (χ0) is 26.9. The van der Waals surface area contributed by atoms with Gasteiger partial charge in [0, 0.05) is 28.1 Å². The number of para-hydroxylation sites is 1. The van der Waals surface area contributed by atoms with E-state index in [-0.39, 0.29) is 5.91 Å². The second kappa shape index (κ2) is 10.1. The molecule has 0 radical (unpaired) electrons. The van der Waals surface area contributed by atoms with Gasteiger partial charge in [0.05, 0.1) is 36.8 Å². The molecule has 1 amide bonds. The molecule has 6 rings (SSSR count). The van der Waals surface area contributed by atoms with Gasteiger partial charge >= 0.3 is 0 Å². The minimum absolute atomic E-state index is 0.302. The van der Waals surface area contributed by atoms with Gasteiger partial charge in [-0.15, -0.1) is 11.3 Å². The second-order valence-corrected chi connectivity index (χ2v) is 9.84. The highest BCUT2D eigenvalue weighted by Crippen LogP contribution is 2.44. The number of carbonyl (C=O) groups excluding carboxylic acids is 1. The van der Waals surface area contributed by atoms with E-state index in [0.717, 1.165) is 39.0 Å². The van der Waals surface area contributed by atoms with Crippen LogP contribution >= 0.6 is 11.3 Å². The molecule has 39 heavy (non-hydrogen) atoms. The molecule has 3 aromatic heterocycles. The Balaban J connectivity index is 1.51. The maximum atomic E-state index is 13.6. The van der Waals surface area contributed by atoms with Gasteiger partial charge < -0.3 is 20.5 Å². The average Bonchev–Trinajstić information content (AvgIpc) is 3.33. The zero-order valence-corrected chi connectivity index (χ0v) is 22.1. The average molecular weight is 533 g/mol. The Hall–Kier alpha value is -4.95. The molecule has 7 nitrogen and oxygen atoms in total. The fourth-order valence-corrected chi connectivity index (χ4v) is 5.69. The van der Waals surface area contributed by atoms with Gasteiger partial charge in [-0.2, -0.15) is 0 Å². The molecule has 3 aromatic carbocycles. The highest BCUT2D eigenvalue weighted by molar-refractivity contribution is 7.21. The lowest BCUT2D eigenvalue weighted by atomic mass is 9.98. The number of ether oxygens (including phenoxy) is 2. The van der Waals surface area contributed by atoms with Gasteiger partial charge in [-0.05, 0) is 66.2 Å². The lowest BCUT2D eigenvalue weighted by Gasteiger charge is -2.12. The summed E-state index contributed by atoms with van der Waals surface area (Å²) < 4.78 is 11.0. The van der Waals surface area contributed by atoms with Crippen LogP contribution in [0.4, 0.5) is 11.4 Å². The lowest BCUT2D eigenvalue weighted by Crippen LogP contribution is -2.12. The number of nitrogens with two attached hydrogens (primary N) is 1. The molecular formula is C31H24N4O3S. The molecular weight excluding hydrogens is 508 g/mol. The van der Waals surface area contributed by atoms with Crippen LogP contribution in [-0.2, 0) is 0 Å². The Labute approximate surface area is 228 Å². The van der Waals surface area contributed by atoms with Gasteiger partial charge in [0.15, 0.2) is 0 Å². The summed E-state index contributed by atoms with van der Waals surface area (Å²) in [4.78, 5) is 23.9. The Morgan fingerprint density at radius 1 is 0.897 bits per heavy atom. The van der Waals surface area contributed by atoms with Crippen LogP contribution in [0.25, 0.3) is 43.5 Å². The molecule has 0 saturated carbocycles. The van der Waals surface area contributed by atoms with Gasteiger partial charge in [-0.3, -0.25) is 9.78 Å². The number of carbonyl (C=O) groups is 1. The van der Waals surface area contributed by atoms with E-state index < -0.39 is 0 Å². The van der Waals surface area contributed by atoms with Gasteiger partial charge in [-0.1, -0.05) is 24.3 Å². The minimum atomic E-state index is -0.302. The Kier molecular flexibility index (Phi) is 6.30. The molecule has 8 heteroatoms. The van der Waals surface area contributed by atoms with Crippen LogP contribution in [0.2, 0.25) is 0 Å². The van der Waals surface area contributed by atoms with E-state index in [0.29, 0.717) is 32.2 Å². The first-order valence-corrected chi connectivity index (χ1v) is 13.0. The number of anilines is 2. The molecule has 0 fully saturated rings. The number of fused-ring (bicyclic) bond motifs is 2. The van der Waals surface area contributed by atoms with E-state index in [9.17, 15) is 4.79 Å². The number of nitrogens with one attached hydrogen (secondary N) is 1. The van der Waals surface area contributed by atoms with E-state index in [4.69, 9.17) is 20.2 Å². The Bertz CT molecular complexity index is 1840. The van der Waals surface area contributed by atoms with Crippen molar-refractivity contribution in [1.82, 2.24) is 9.97 Å². The zero-order valence-electron chi connectivity index (χ0n) is 21.3. The number of hydrogen-bond donors (Lipinski definition) is 2. The third-order valence-electron chi connectivity index (χ3n) is 6.58. The highest BCUT2D eigenvalue weighted by atomic mass is 32.1. The molecule has 0 unspecified atom stereocenters. The molecule has 6 aromatic rings. The van der Waals surface area contributed by atoms with Crippen molar-refractivity contribution in [1.29, 1.82) is 0 Å². The van der Waals surface area contributed by atoms with Crippen molar-refractivity contribution in [3.05, 3.63) is 96.0 Å². The van der Waals surface area contributed by atoms with E-state index in [1.54, 1.807) is 20.4 Å². The largest absolute Gasteiger partial charge is 0.497 e. The molecule has 0 spiro atoms. The van der Waals surface area contributed by atoms with Gasteiger partial charge in [0.25, 0.3) is 5.91 Å². The standard InChI is InChI=1S/C31H24N4O3S/c1-37-19-14-12-18(13-15-19)25-17-22(20-7-3-4-11-26(20)38-2)27-28(32)29(39-31(27)35-25)30(36)34-24-10-5-9-23-21(24)8-6-16-33-23/h3-17H,32H2,1-2H3,(H,34,36). The van der Waals surface area contributed by atoms with E-state index in [1.807, 2.05) is 84.9 Å². The molecule has 3 N–H and O–H groups in total. The SMILES string of the molecule is COc1ccc(-c2cc(-c3ccccc3OC)c3c(N)c(C(=O)Nc4cccc5ncccc45)sc3n2)cc1. The van der Waals surface area contributed by atoms with E-state index >= 15 is 0 Å². The summed E-state index contributed by atoms with van der Waals surface area (Å²) in [7, 11) is 3.27. The van der Waals surface area contributed by atoms with Gasteiger partial charge in [0.1, 0.15) is 21.2 Å². The summed E-state index contributed by atoms with van der Waals surface area (Å²) in [5.41, 5.74) is 11.9. The number of nitrogen functional groups attached to an aromatic ring is 1. The van der Waals surface area contributed by atoms with Gasteiger partial charge in [0.2, 0.25) is 0 Å². The maximum absolute atomic E-state index is 13.6. The highest BCUT2D eigenvalue weighted by Gasteiger charge is 2.23. The van der Waals surface area contributed by atoms with Crippen molar-refractivity contribution < 1.29 is 14.3 Å². The number of nitrogens with zero attached hydrogens (tertiary/aromatic N) is 2. The van der Waals surface area contributed by atoms with Crippen LogP contribution in [0.3, 0.4) is 0 Å². The van der Waals surface area contributed by atoms with Crippen LogP contribution in [0.5, 0.6) is 11.5 Å². The van der Waals surface area contributed by atoms with Crippen LogP contribution in [0, 0.1) is 0 Å². The smallest absolute Gasteiger partial charge is 0.267 e. The summed E-state index contributed by atoms with van der Waals surface area (Å²) in [5, 5.41) is 4.59. The first-order chi connectivity index (χ1) is 19.1. The summed E-state index contributed by atoms with van der Waals surface area (Å²) >= 11 is 1.27. The summed E-state index contributed by atoms with van der Waals surface area (Å²) in [5.74, 6) is 1.15. The van der Waals surface area contributed by atoms with Crippen LogP contribution in [0.1, 0.15) is 9.67 Å². The summed E-state index contributed by atoms with van der Waals surface area (Å²) in [6.45, 7) is 0. The first kappa shape index (κ1) is 24.4. The van der Waals surface area contributed by atoms with Crippen molar-refractivity contribution in [2.24, 2.45) is 0 Å². The molecule has 0 atom stereocenters. The number of benzene rings is 3. The minimum Gasteiger partial charge on any atom is -0.497 e. The number of aromatic nitrogens is 2. The van der Waals surface area contributed by atoms with E-state index in [1.165, 1.54) is 11.3 Å². The monoisotopic (exact) mass is 532 g/mol. The quantitative estimate of drug-likeness (QED) is 0.239. The number of methoxy groups -OCH3 is 2. The molecule has 0 aliphatic heterocycles. The van der Waals surface area contributed by atoms with Gasteiger partial charge in [-0.25, -0.2) is 4.98 Å². The fourth-order valence-electron chi connectivity index (χ4n) is 4.67. The topological polar surface area (TPSA) is 99.4 Å². The molecule has 192 valence electrons. The summed E-state index contributed by atoms with van der Waals surface area (Å²) in [6.07, 6.45) is 1.73. The van der Waals surface area contributed by atoms with Crippen LogP contribution in [-0.4, -0.2) is 30.1 Å².